The van der Waals surface area contributed by atoms with Gasteiger partial charge in [0.05, 0.1) is 11.6 Å². The van der Waals surface area contributed by atoms with Gasteiger partial charge in [-0.15, -0.1) is 0 Å². The molecule has 0 unspecified atom stereocenters. The summed E-state index contributed by atoms with van der Waals surface area (Å²) >= 11 is 0. The molecule has 0 bridgehead atoms. The first-order valence-electron chi connectivity index (χ1n) is 7.24. The third-order valence-electron chi connectivity index (χ3n) is 3.31. The number of anilines is 2. The molecule has 2 heterocycles. The van der Waals surface area contributed by atoms with E-state index in [0.717, 1.165) is 24.8 Å². The fourth-order valence-corrected chi connectivity index (χ4v) is 2.06. The van der Waals surface area contributed by atoms with Crippen LogP contribution in [-0.2, 0) is 4.79 Å². The standard InChI is InChI=1S/C13H19N7O/c1-2-14-13-18-10(9-7-17-20-11(9)19-13)15-5-6-16-12(21)8-3-4-8/h7-8H,2-6H2,1H3,(H,16,21)(H3,14,15,17,18,19,20). The first-order valence-corrected chi connectivity index (χ1v) is 7.24. The van der Waals surface area contributed by atoms with Gasteiger partial charge in [0, 0.05) is 25.6 Å². The Labute approximate surface area is 122 Å². The number of nitrogens with one attached hydrogen (secondary N) is 4. The van der Waals surface area contributed by atoms with Gasteiger partial charge in [-0.3, -0.25) is 9.89 Å². The minimum Gasteiger partial charge on any atom is -0.368 e. The molecular weight excluding hydrogens is 270 g/mol. The van der Waals surface area contributed by atoms with Gasteiger partial charge in [0.25, 0.3) is 0 Å². The summed E-state index contributed by atoms with van der Waals surface area (Å²) in [5, 5.41) is 16.9. The van der Waals surface area contributed by atoms with Crippen molar-refractivity contribution in [3.63, 3.8) is 0 Å². The van der Waals surface area contributed by atoms with Crippen LogP contribution in [0.3, 0.4) is 0 Å². The van der Waals surface area contributed by atoms with Crippen molar-refractivity contribution in [2.45, 2.75) is 19.8 Å². The predicted molar refractivity (Wildman–Crippen MR) is 80.1 cm³/mol. The number of aromatic nitrogens is 4. The number of rotatable bonds is 7. The molecule has 0 atom stereocenters. The third kappa shape index (κ3) is 3.21. The second-order valence-corrected chi connectivity index (χ2v) is 5.05. The van der Waals surface area contributed by atoms with E-state index in [0.29, 0.717) is 30.5 Å². The maximum Gasteiger partial charge on any atom is 0.226 e. The van der Waals surface area contributed by atoms with E-state index in [2.05, 4.69) is 36.1 Å². The molecule has 1 fully saturated rings. The molecule has 3 rings (SSSR count). The van der Waals surface area contributed by atoms with E-state index >= 15 is 0 Å². The Bertz CT molecular complexity index is 634. The SMILES string of the molecule is CCNc1nc(NCCNC(=O)C2CC2)c2cn[nH]c2n1. The van der Waals surface area contributed by atoms with E-state index in [9.17, 15) is 4.79 Å². The first-order chi connectivity index (χ1) is 10.3. The van der Waals surface area contributed by atoms with Crippen LogP contribution in [-0.4, -0.2) is 45.7 Å². The summed E-state index contributed by atoms with van der Waals surface area (Å²) in [6.45, 7) is 3.92. The zero-order valence-corrected chi connectivity index (χ0v) is 11.9. The van der Waals surface area contributed by atoms with Crippen LogP contribution in [0.25, 0.3) is 11.0 Å². The van der Waals surface area contributed by atoms with E-state index < -0.39 is 0 Å². The quantitative estimate of drug-likeness (QED) is 0.560. The van der Waals surface area contributed by atoms with E-state index in [1.807, 2.05) is 6.92 Å². The normalized spacial score (nSPS) is 14.1. The van der Waals surface area contributed by atoms with E-state index in [1.54, 1.807) is 6.20 Å². The monoisotopic (exact) mass is 289 g/mol. The summed E-state index contributed by atoms with van der Waals surface area (Å²) in [5.74, 6) is 1.66. The molecule has 2 aromatic rings. The minimum atomic E-state index is 0.154. The Morgan fingerprint density at radius 3 is 2.95 bits per heavy atom. The van der Waals surface area contributed by atoms with E-state index in [4.69, 9.17) is 0 Å². The van der Waals surface area contributed by atoms with Gasteiger partial charge in [0.1, 0.15) is 5.82 Å². The van der Waals surface area contributed by atoms with Crippen molar-refractivity contribution >= 4 is 28.7 Å². The Morgan fingerprint density at radius 2 is 2.19 bits per heavy atom. The van der Waals surface area contributed by atoms with Crippen molar-refractivity contribution in [2.24, 2.45) is 5.92 Å². The lowest BCUT2D eigenvalue weighted by Gasteiger charge is -2.09. The fraction of sp³-hybridized carbons (Fsp3) is 0.538. The average molecular weight is 289 g/mol. The lowest BCUT2D eigenvalue weighted by atomic mass is 10.3. The number of carbonyl (C=O) groups is 1. The van der Waals surface area contributed by atoms with Crippen LogP contribution in [0.5, 0.6) is 0 Å². The number of H-pyrrole nitrogens is 1. The number of hydrogen-bond donors (Lipinski definition) is 4. The number of aromatic amines is 1. The summed E-state index contributed by atoms with van der Waals surface area (Å²) in [4.78, 5) is 20.3. The van der Waals surface area contributed by atoms with Crippen molar-refractivity contribution in [3.8, 4) is 0 Å². The van der Waals surface area contributed by atoms with Crippen molar-refractivity contribution in [3.05, 3.63) is 6.20 Å². The van der Waals surface area contributed by atoms with Crippen molar-refractivity contribution in [1.82, 2.24) is 25.5 Å². The Balaban J connectivity index is 1.61. The Kier molecular flexibility index (Phi) is 3.85. The summed E-state index contributed by atoms with van der Waals surface area (Å²) in [7, 11) is 0. The molecule has 1 aliphatic rings. The number of fused-ring (bicyclic) bond motifs is 1. The molecule has 0 aromatic carbocycles. The molecule has 1 aliphatic carbocycles. The van der Waals surface area contributed by atoms with Crippen molar-refractivity contribution < 1.29 is 4.79 Å². The van der Waals surface area contributed by atoms with Crippen LogP contribution in [0.2, 0.25) is 0 Å². The van der Waals surface area contributed by atoms with Gasteiger partial charge >= 0.3 is 0 Å². The zero-order valence-electron chi connectivity index (χ0n) is 11.9. The van der Waals surface area contributed by atoms with Crippen LogP contribution < -0.4 is 16.0 Å². The molecule has 0 spiro atoms. The molecule has 8 heteroatoms. The van der Waals surface area contributed by atoms with Gasteiger partial charge in [0.2, 0.25) is 11.9 Å². The van der Waals surface area contributed by atoms with Crippen molar-refractivity contribution in [1.29, 1.82) is 0 Å². The summed E-state index contributed by atoms with van der Waals surface area (Å²) in [6, 6.07) is 0. The molecule has 1 saturated carbocycles. The average Bonchev–Trinajstić information content (AvgIpc) is 3.22. The highest BCUT2D eigenvalue weighted by atomic mass is 16.2. The summed E-state index contributed by atoms with van der Waals surface area (Å²) < 4.78 is 0. The second-order valence-electron chi connectivity index (χ2n) is 5.05. The Morgan fingerprint density at radius 1 is 1.33 bits per heavy atom. The van der Waals surface area contributed by atoms with Gasteiger partial charge in [-0.1, -0.05) is 0 Å². The molecule has 21 heavy (non-hydrogen) atoms. The molecule has 0 radical (unpaired) electrons. The van der Waals surface area contributed by atoms with Crippen LogP contribution in [0.1, 0.15) is 19.8 Å². The number of hydrogen-bond acceptors (Lipinski definition) is 6. The zero-order chi connectivity index (χ0) is 14.7. The molecular formula is C13H19N7O. The Hall–Kier alpha value is -2.38. The van der Waals surface area contributed by atoms with Crippen LogP contribution in [0, 0.1) is 5.92 Å². The van der Waals surface area contributed by atoms with Gasteiger partial charge in [0.15, 0.2) is 5.65 Å². The van der Waals surface area contributed by atoms with E-state index in [-0.39, 0.29) is 11.8 Å². The van der Waals surface area contributed by atoms with Crippen molar-refractivity contribution in [2.75, 3.05) is 30.3 Å². The topological polar surface area (TPSA) is 108 Å². The second kappa shape index (κ2) is 5.94. The minimum absolute atomic E-state index is 0.154. The van der Waals surface area contributed by atoms with Gasteiger partial charge in [-0.25, -0.2) is 0 Å². The number of carbonyl (C=O) groups excluding carboxylic acids is 1. The van der Waals surface area contributed by atoms with Gasteiger partial charge in [-0.2, -0.15) is 15.1 Å². The lowest BCUT2D eigenvalue weighted by molar-refractivity contribution is -0.122. The predicted octanol–water partition coefficient (Wildman–Crippen LogP) is 0.723. The maximum absolute atomic E-state index is 11.5. The molecule has 8 nitrogen and oxygen atoms in total. The fourth-order valence-electron chi connectivity index (χ4n) is 2.06. The van der Waals surface area contributed by atoms with Crippen LogP contribution in [0.15, 0.2) is 6.20 Å². The third-order valence-corrected chi connectivity index (χ3v) is 3.31. The lowest BCUT2D eigenvalue weighted by Crippen LogP contribution is -2.30. The number of amides is 1. The molecule has 1 amide bonds. The largest absolute Gasteiger partial charge is 0.368 e. The summed E-state index contributed by atoms with van der Waals surface area (Å²) in [5.41, 5.74) is 0.686. The highest BCUT2D eigenvalue weighted by molar-refractivity contribution is 5.87. The highest BCUT2D eigenvalue weighted by Gasteiger charge is 2.28. The first kappa shape index (κ1) is 13.6. The number of nitrogens with zero attached hydrogens (tertiary/aromatic N) is 3. The van der Waals surface area contributed by atoms with Gasteiger partial charge < -0.3 is 16.0 Å². The van der Waals surface area contributed by atoms with E-state index in [1.165, 1.54) is 0 Å². The smallest absolute Gasteiger partial charge is 0.226 e. The van der Waals surface area contributed by atoms with Gasteiger partial charge in [-0.05, 0) is 19.8 Å². The van der Waals surface area contributed by atoms with Crippen LogP contribution >= 0.6 is 0 Å². The molecule has 0 aliphatic heterocycles. The maximum atomic E-state index is 11.5. The molecule has 112 valence electrons. The molecule has 2 aromatic heterocycles. The molecule has 0 saturated heterocycles. The molecule has 4 N–H and O–H groups in total. The summed E-state index contributed by atoms with van der Waals surface area (Å²) in [6.07, 6.45) is 3.73. The van der Waals surface area contributed by atoms with Crippen LogP contribution in [0.4, 0.5) is 11.8 Å². The highest BCUT2D eigenvalue weighted by Crippen LogP contribution is 2.28.